The lowest BCUT2D eigenvalue weighted by Gasteiger charge is -2.33. The van der Waals surface area contributed by atoms with Gasteiger partial charge in [-0.05, 0) is 31.4 Å². The molecule has 0 aliphatic carbocycles. The molecule has 1 saturated heterocycles. The maximum absolute atomic E-state index is 12.2. The Hall–Kier alpha value is -1.02. The molecule has 6 nitrogen and oxygen atoms in total. The molecule has 1 atom stereocenters. The van der Waals surface area contributed by atoms with Crippen molar-refractivity contribution in [3.63, 3.8) is 0 Å². The number of rotatable bonds is 4. The first-order chi connectivity index (χ1) is 8.95. The highest BCUT2D eigenvalue weighted by molar-refractivity contribution is 7.89. The van der Waals surface area contributed by atoms with Crippen LogP contribution in [0.25, 0.3) is 0 Å². The Morgan fingerprint density at radius 1 is 1.53 bits per heavy atom. The molecule has 0 amide bonds. The second-order valence-corrected chi connectivity index (χ2v) is 6.61. The maximum Gasteiger partial charge on any atom is 0.258 e. The summed E-state index contributed by atoms with van der Waals surface area (Å²) >= 11 is 0. The normalized spacial score (nSPS) is 24.3. The Morgan fingerprint density at radius 2 is 2.32 bits per heavy atom. The van der Waals surface area contributed by atoms with E-state index in [1.807, 2.05) is 6.92 Å². The standard InChI is InChI=1S/C12H18N2O4S/c1-12(5-2-6-18-9-12)14-19(16,17)11-4-3-10(8-15)7-13-11/h3-4,7,14-15H,2,5-6,8-9H2,1H3. The fourth-order valence-corrected chi connectivity index (χ4v) is 3.41. The van der Waals surface area contributed by atoms with E-state index >= 15 is 0 Å². The zero-order chi connectivity index (χ0) is 13.9. The van der Waals surface area contributed by atoms with E-state index in [1.54, 1.807) is 6.07 Å². The number of nitrogens with one attached hydrogen (secondary N) is 1. The Balaban J connectivity index is 2.17. The number of aliphatic hydroxyl groups is 1. The van der Waals surface area contributed by atoms with Crippen LogP contribution in [0.2, 0.25) is 0 Å². The highest BCUT2D eigenvalue weighted by atomic mass is 32.2. The predicted molar refractivity (Wildman–Crippen MR) is 68.9 cm³/mol. The van der Waals surface area contributed by atoms with Crippen LogP contribution in [0.4, 0.5) is 0 Å². The average Bonchev–Trinajstić information content (AvgIpc) is 2.38. The number of nitrogens with zero attached hydrogens (tertiary/aromatic N) is 1. The van der Waals surface area contributed by atoms with Crippen LogP contribution in [0.1, 0.15) is 25.3 Å². The molecular formula is C12H18N2O4S. The number of ether oxygens (including phenoxy) is 1. The molecule has 1 aromatic rings. The number of sulfonamides is 1. The summed E-state index contributed by atoms with van der Waals surface area (Å²) in [6, 6.07) is 2.93. The average molecular weight is 286 g/mol. The second-order valence-electron chi connectivity index (χ2n) is 4.99. The van der Waals surface area contributed by atoms with Gasteiger partial charge in [0.2, 0.25) is 0 Å². The smallest absolute Gasteiger partial charge is 0.258 e. The van der Waals surface area contributed by atoms with Gasteiger partial charge in [-0.25, -0.2) is 18.1 Å². The van der Waals surface area contributed by atoms with Crippen LogP contribution in [0.5, 0.6) is 0 Å². The lowest BCUT2D eigenvalue weighted by atomic mass is 9.97. The van der Waals surface area contributed by atoms with Crippen molar-refractivity contribution < 1.29 is 18.3 Å². The van der Waals surface area contributed by atoms with Gasteiger partial charge in [-0.2, -0.15) is 0 Å². The summed E-state index contributed by atoms with van der Waals surface area (Å²) < 4.78 is 32.4. The summed E-state index contributed by atoms with van der Waals surface area (Å²) in [6.07, 6.45) is 2.92. The molecule has 19 heavy (non-hydrogen) atoms. The maximum atomic E-state index is 12.2. The van der Waals surface area contributed by atoms with Gasteiger partial charge in [0.1, 0.15) is 0 Å². The zero-order valence-electron chi connectivity index (χ0n) is 10.8. The van der Waals surface area contributed by atoms with E-state index < -0.39 is 15.6 Å². The Kier molecular flexibility index (Phi) is 4.19. The van der Waals surface area contributed by atoms with Gasteiger partial charge in [-0.15, -0.1) is 0 Å². The van der Waals surface area contributed by atoms with Gasteiger partial charge < -0.3 is 9.84 Å². The monoisotopic (exact) mass is 286 g/mol. The molecule has 7 heteroatoms. The second kappa shape index (κ2) is 5.54. The van der Waals surface area contributed by atoms with E-state index in [0.717, 1.165) is 12.8 Å². The van der Waals surface area contributed by atoms with Crippen molar-refractivity contribution in [1.29, 1.82) is 0 Å². The van der Waals surface area contributed by atoms with Gasteiger partial charge in [0.15, 0.2) is 5.03 Å². The summed E-state index contributed by atoms with van der Waals surface area (Å²) in [6.45, 7) is 2.69. The van der Waals surface area contributed by atoms with Crippen molar-refractivity contribution in [3.8, 4) is 0 Å². The Labute approximate surface area is 112 Å². The fourth-order valence-electron chi connectivity index (χ4n) is 2.05. The van der Waals surface area contributed by atoms with Gasteiger partial charge in [-0.3, -0.25) is 0 Å². The Morgan fingerprint density at radius 3 is 2.84 bits per heavy atom. The summed E-state index contributed by atoms with van der Waals surface area (Å²) in [4.78, 5) is 3.87. The molecule has 0 aromatic carbocycles. The molecular weight excluding hydrogens is 268 g/mol. The van der Waals surface area contributed by atoms with Crippen molar-refractivity contribution in [2.24, 2.45) is 0 Å². The zero-order valence-corrected chi connectivity index (χ0v) is 11.6. The third-order valence-electron chi connectivity index (χ3n) is 3.07. The minimum atomic E-state index is -3.67. The molecule has 1 aliphatic heterocycles. The minimum Gasteiger partial charge on any atom is -0.392 e. The van der Waals surface area contributed by atoms with Crippen LogP contribution < -0.4 is 4.72 Å². The number of aromatic nitrogens is 1. The number of hydrogen-bond acceptors (Lipinski definition) is 5. The van der Waals surface area contributed by atoms with Gasteiger partial charge in [0.25, 0.3) is 10.0 Å². The van der Waals surface area contributed by atoms with Crippen LogP contribution in [-0.4, -0.2) is 37.3 Å². The third-order valence-corrected chi connectivity index (χ3v) is 4.63. The third kappa shape index (κ3) is 3.50. The topological polar surface area (TPSA) is 88.5 Å². The summed E-state index contributed by atoms with van der Waals surface area (Å²) in [5.74, 6) is 0. The number of aliphatic hydroxyl groups excluding tert-OH is 1. The highest BCUT2D eigenvalue weighted by Gasteiger charge is 2.33. The summed E-state index contributed by atoms with van der Waals surface area (Å²) in [7, 11) is -3.67. The largest absolute Gasteiger partial charge is 0.392 e. The molecule has 106 valence electrons. The van der Waals surface area contributed by atoms with Gasteiger partial charge in [0.05, 0.1) is 18.8 Å². The lowest BCUT2D eigenvalue weighted by Crippen LogP contribution is -2.51. The quantitative estimate of drug-likeness (QED) is 0.837. The van der Waals surface area contributed by atoms with Gasteiger partial charge in [-0.1, -0.05) is 6.07 Å². The molecule has 2 heterocycles. The molecule has 1 aromatic heterocycles. The first-order valence-electron chi connectivity index (χ1n) is 6.13. The van der Waals surface area contributed by atoms with Crippen LogP contribution in [0, 0.1) is 0 Å². The van der Waals surface area contributed by atoms with Crippen molar-refractivity contribution >= 4 is 10.0 Å². The van der Waals surface area contributed by atoms with Crippen molar-refractivity contribution in [1.82, 2.24) is 9.71 Å². The summed E-state index contributed by atoms with van der Waals surface area (Å²) in [5.41, 5.74) is -0.0137. The van der Waals surface area contributed by atoms with Gasteiger partial charge in [0, 0.05) is 12.8 Å². The number of hydrogen-bond donors (Lipinski definition) is 2. The lowest BCUT2D eigenvalue weighted by molar-refractivity contribution is 0.0386. The van der Waals surface area contributed by atoms with E-state index in [1.165, 1.54) is 12.3 Å². The fraction of sp³-hybridized carbons (Fsp3) is 0.583. The van der Waals surface area contributed by atoms with E-state index in [0.29, 0.717) is 18.8 Å². The molecule has 1 aliphatic rings. The van der Waals surface area contributed by atoms with Gasteiger partial charge >= 0.3 is 0 Å². The summed E-state index contributed by atoms with van der Waals surface area (Å²) in [5, 5.41) is 8.87. The molecule has 1 fully saturated rings. The van der Waals surface area contributed by atoms with Crippen LogP contribution in [0.3, 0.4) is 0 Å². The molecule has 0 spiro atoms. The van der Waals surface area contributed by atoms with E-state index in [4.69, 9.17) is 9.84 Å². The predicted octanol–water partition coefficient (Wildman–Crippen LogP) is 0.421. The molecule has 2 rings (SSSR count). The SMILES string of the molecule is CC1(NS(=O)(=O)c2ccc(CO)cn2)CCCOC1. The van der Waals surface area contributed by atoms with Crippen molar-refractivity contribution in [2.75, 3.05) is 13.2 Å². The molecule has 1 unspecified atom stereocenters. The number of pyridine rings is 1. The first-order valence-corrected chi connectivity index (χ1v) is 7.61. The molecule has 2 N–H and O–H groups in total. The molecule has 0 radical (unpaired) electrons. The van der Waals surface area contributed by atoms with E-state index in [2.05, 4.69) is 9.71 Å². The van der Waals surface area contributed by atoms with Crippen LogP contribution in [0.15, 0.2) is 23.4 Å². The van der Waals surface area contributed by atoms with E-state index in [-0.39, 0.29) is 11.6 Å². The molecule has 0 saturated carbocycles. The molecule has 0 bridgehead atoms. The van der Waals surface area contributed by atoms with Crippen molar-refractivity contribution in [3.05, 3.63) is 23.9 Å². The van der Waals surface area contributed by atoms with E-state index in [9.17, 15) is 8.42 Å². The van der Waals surface area contributed by atoms with Crippen LogP contribution in [-0.2, 0) is 21.4 Å². The van der Waals surface area contributed by atoms with Crippen molar-refractivity contribution in [2.45, 2.75) is 36.9 Å². The first kappa shape index (κ1) is 14.4. The minimum absolute atomic E-state index is 0.0449. The van der Waals surface area contributed by atoms with Crippen LogP contribution >= 0.6 is 0 Å². The highest BCUT2D eigenvalue weighted by Crippen LogP contribution is 2.21. The Bertz CT molecular complexity index is 521.